The van der Waals surface area contributed by atoms with Gasteiger partial charge in [-0.3, -0.25) is 14.5 Å². The Morgan fingerprint density at radius 3 is 2.55 bits per heavy atom. The average Bonchev–Trinajstić information content (AvgIpc) is 3.36. The van der Waals surface area contributed by atoms with Crippen molar-refractivity contribution in [3.05, 3.63) is 29.3 Å². The second-order valence-corrected chi connectivity index (χ2v) is 10.8. The Morgan fingerprint density at radius 1 is 1.26 bits per heavy atom. The van der Waals surface area contributed by atoms with Gasteiger partial charge in [-0.25, -0.2) is 12.7 Å². The van der Waals surface area contributed by atoms with Gasteiger partial charge in [0.25, 0.3) is 5.91 Å². The lowest BCUT2D eigenvalue weighted by molar-refractivity contribution is -0.128. The summed E-state index contributed by atoms with van der Waals surface area (Å²) in [5.41, 5.74) is 0.534. The van der Waals surface area contributed by atoms with E-state index in [0.29, 0.717) is 18.0 Å². The Labute approximate surface area is 182 Å². The molecule has 0 spiro atoms. The van der Waals surface area contributed by atoms with Crippen molar-refractivity contribution in [3.63, 3.8) is 0 Å². The maximum Gasteiger partial charge on any atom is 0.276 e. The van der Waals surface area contributed by atoms with E-state index in [2.05, 4.69) is 22.0 Å². The SMILES string of the molecule is CC(C)[C@H]1C(=O)N(S(C)(=O)=O)C2=CCN(C(=O)c3cc(CN4CCN(C)CC4)on3)[C@@H]21. The number of sulfonamides is 1. The van der Waals surface area contributed by atoms with Crippen molar-refractivity contribution in [3.8, 4) is 0 Å². The van der Waals surface area contributed by atoms with Crippen LogP contribution in [0.4, 0.5) is 0 Å². The largest absolute Gasteiger partial charge is 0.359 e. The summed E-state index contributed by atoms with van der Waals surface area (Å²) in [6, 6.07) is 1.03. The summed E-state index contributed by atoms with van der Waals surface area (Å²) < 4.78 is 30.8. The maximum atomic E-state index is 13.2. The van der Waals surface area contributed by atoms with E-state index >= 15 is 0 Å². The third-order valence-electron chi connectivity index (χ3n) is 6.26. The van der Waals surface area contributed by atoms with Gasteiger partial charge in [-0.15, -0.1) is 0 Å². The molecule has 4 heterocycles. The van der Waals surface area contributed by atoms with Gasteiger partial charge in [0, 0.05) is 38.8 Å². The molecule has 0 saturated carbocycles. The van der Waals surface area contributed by atoms with Crippen LogP contribution >= 0.6 is 0 Å². The highest BCUT2D eigenvalue weighted by molar-refractivity contribution is 7.89. The first kappa shape index (κ1) is 22.0. The number of hydrogen-bond donors (Lipinski definition) is 0. The van der Waals surface area contributed by atoms with E-state index in [1.165, 1.54) is 4.90 Å². The smallest absolute Gasteiger partial charge is 0.276 e. The molecule has 2 amide bonds. The predicted molar refractivity (Wildman–Crippen MR) is 112 cm³/mol. The highest BCUT2D eigenvalue weighted by atomic mass is 32.2. The van der Waals surface area contributed by atoms with Gasteiger partial charge in [-0.05, 0) is 19.0 Å². The Kier molecular flexibility index (Phi) is 5.69. The van der Waals surface area contributed by atoms with Crippen LogP contribution in [0.2, 0.25) is 0 Å². The molecule has 0 aliphatic carbocycles. The molecular formula is C20H29N5O5S. The third-order valence-corrected chi connectivity index (χ3v) is 7.31. The highest BCUT2D eigenvalue weighted by Gasteiger charge is 2.55. The fourth-order valence-corrected chi connectivity index (χ4v) is 5.65. The molecule has 3 aliphatic rings. The fraction of sp³-hybridized carbons (Fsp3) is 0.650. The van der Waals surface area contributed by atoms with Gasteiger partial charge >= 0.3 is 0 Å². The summed E-state index contributed by atoms with van der Waals surface area (Å²) in [6.45, 7) is 8.31. The van der Waals surface area contributed by atoms with Gasteiger partial charge in [-0.2, -0.15) is 0 Å². The minimum absolute atomic E-state index is 0.133. The minimum Gasteiger partial charge on any atom is -0.359 e. The summed E-state index contributed by atoms with van der Waals surface area (Å²) in [7, 11) is -1.68. The zero-order valence-electron chi connectivity index (χ0n) is 18.3. The monoisotopic (exact) mass is 451 g/mol. The van der Waals surface area contributed by atoms with Crippen molar-refractivity contribution in [2.75, 3.05) is 46.0 Å². The van der Waals surface area contributed by atoms with Crippen LogP contribution in [0.3, 0.4) is 0 Å². The first-order valence-electron chi connectivity index (χ1n) is 10.5. The van der Waals surface area contributed by atoms with E-state index in [-0.39, 0.29) is 24.1 Å². The summed E-state index contributed by atoms with van der Waals surface area (Å²) >= 11 is 0. The molecule has 0 N–H and O–H groups in total. The molecule has 2 saturated heterocycles. The third kappa shape index (κ3) is 4.01. The molecule has 2 atom stereocenters. The lowest BCUT2D eigenvalue weighted by Gasteiger charge is -2.31. The van der Waals surface area contributed by atoms with E-state index in [1.54, 1.807) is 12.1 Å². The van der Waals surface area contributed by atoms with E-state index in [1.807, 2.05) is 13.8 Å². The van der Waals surface area contributed by atoms with Gasteiger partial charge in [0.05, 0.1) is 30.5 Å². The van der Waals surface area contributed by atoms with E-state index in [0.717, 1.165) is 36.7 Å². The quantitative estimate of drug-likeness (QED) is 0.625. The molecule has 4 rings (SSSR count). The lowest BCUT2D eigenvalue weighted by atomic mass is 9.89. The van der Waals surface area contributed by atoms with E-state index < -0.39 is 27.9 Å². The molecule has 1 aromatic rings. The molecule has 10 nitrogen and oxygen atoms in total. The second-order valence-electron chi connectivity index (χ2n) is 8.92. The van der Waals surface area contributed by atoms with Crippen LogP contribution in [0.1, 0.15) is 30.1 Å². The van der Waals surface area contributed by atoms with Crippen molar-refractivity contribution in [2.24, 2.45) is 11.8 Å². The van der Waals surface area contributed by atoms with E-state index in [4.69, 9.17) is 4.52 Å². The number of amides is 2. The number of carbonyl (C=O) groups is 2. The number of hydrogen-bond acceptors (Lipinski definition) is 8. The zero-order chi connectivity index (χ0) is 22.5. The highest BCUT2D eigenvalue weighted by Crippen LogP contribution is 2.41. The summed E-state index contributed by atoms with van der Waals surface area (Å²) in [5, 5.41) is 3.97. The number of piperazine rings is 1. The molecule has 2 fully saturated rings. The molecule has 1 aromatic heterocycles. The van der Waals surface area contributed by atoms with Crippen molar-refractivity contribution in [1.82, 2.24) is 24.2 Å². The van der Waals surface area contributed by atoms with Crippen LogP contribution in [0.15, 0.2) is 22.4 Å². The number of nitrogens with zero attached hydrogens (tertiary/aromatic N) is 5. The van der Waals surface area contributed by atoms with Gasteiger partial charge < -0.3 is 14.3 Å². The van der Waals surface area contributed by atoms with Crippen LogP contribution in [-0.2, 0) is 21.4 Å². The molecule has 3 aliphatic heterocycles. The first-order chi connectivity index (χ1) is 14.6. The Morgan fingerprint density at radius 2 is 1.94 bits per heavy atom. The number of rotatable bonds is 5. The Balaban J connectivity index is 1.52. The van der Waals surface area contributed by atoms with Crippen LogP contribution in [0.25, 0.3) is 0 Å². The number of carbonyl (C=O) groups excluding carboxylic acids is 2. The van der Waals surface area contributed by atoms with Gasteiger partial charge in [-0.1, -0.05) is 19.0 Å². The number of likely N-dealkylation sites (N-methyl/N-ethyl adjacent to an activating group) is 1. The zero-order valence-corrected chi connectivity index (χ0v) is 19.1. The summed E-state index contributed by atoms with van der Waals surface area (Å²) in [5.74, 6) is -0.989. The van der Waals surface area contributed by atoms with Crippen LogP contribution < -0.4 is 0 Å². The van der Waals surface area contributed by atoms with Gasteiger partial charge in [0.1, 0.15) is 0 Å². The first-order valence-corrected chi connectivity index (χ1v) is 12.3. The molecule has 0 bridgehead atoms. The van der Waals surface area contributed by atoms with Crippen LogP contribution in [0, 0.1) is 11.8 Å². The maximum absolute atomic E-state index is 13.2. The van der Waals surface area contributed by atoms with Crippen LogP contribution in [0.5, 0.6) is 0 Å². The summed E-state index contributed by atoms with van der Waals surface area (Å²) in [6.07, 6.45) is 2.66. The van der Waals surface area contributed by atoms with Crippen molar-refractivity contribution in [1.29, 1.82) is 0 Å². The number of aromatic nitrogens is 1. The predicted octanol–water partition coefficient (Wildman–Crippen LogP) is 0.204. The topological polar surface area (TPSA) is 107 Å². The Bertz CT molecular complexity index is 1010. The normalized spacial score (nSPS) is 25.5. The molecule has 11 heteroatoms. The van der Waals surface area contributed by atoms with E-state index in [9.17, 15) is 18.0 Å². The van der Waals surface area contributed by atoms with Crippen molar-refractivity contribution < 1.29 is 22.5 Å². The van der Waals surface area contributed by atoms with Crippen molar-refractivity contribution in [2.45, 2.75) is 26.4 Å². The van der Waals surface area contributed by atoms with Crippen LogP contribution in [-0.4, -0.2) is 96.5 Å². The molecular weight excluding hydrogens is 422 g/mol. The lowest BCUT2D eigenvalue weighted by Crippen LogP contribution is -2.43. The minimum atomic E-state index is -3.77. The van der Waals surface area contributed by atoms with Gasteiger partial charge in [0.2, 0.25) is 15.9 Å². The molecule has 0 unspecified atom stereocenters. The molecule has 31 heavy (non-hydrogen) atoms. The summed E-state index contributed by atoms with van der Waals surface area (Å²) in [4.78, 5) is 32.2. The molecule has 0 radical (unpaired) electrons. The molecule has 0 aromatic carbocycles. The second kappa shape index (κ2) is 8.03. The standard InChI is InChI=1S/C20H29N5O5S/c1-13(2)17-18-16(25(20(17)27)31(4,28)29)5-6-24(18)19(26)15-11-14(30-21-15)12-23-9-7-22(3)8-10-23/h5,11,13,17-18H,6-10,12H2,1-4H3/t17-,18+/m1/s1. The fourth-order valence-electron chi connectivity index (χ4n) is 4.64. The number of fused-ring (bicyclic) bond motifs is 1. The molecule has 170 valence electrons. The van der Waals surface area contributed by atoms with Gasteiger partial charge in [0.15, 0.2) is 11.5 Å². The van der Waals surface area contributed by atoms with Crippen molar-refractivity contribution >= 4 is 21.8 Å². The average molecular weight is 452 g/mol. The Hall–Kier alpha value is -2.24.